The maximum Gasteiger partial charge on any atom is 0.205 e. The fourth-order valence-corrected chi connectivity index (χ4v) is 1.50. The summed E-state index contributed by atoms with van der Waals surface area (Å²) in [7, 11) is 0. The van der Waals surface area contributed by atoms with E-state index in [2.05, 4.69) is 0 Å². The third-order valence-corrected chi connectivity index (χ3v) is 2.52. The first-order valence-electron chi connectivity index (χ1n) is 4.42. The van der Waals surface area contributed by atoms with Gasteiger partial charge in [0.15, 0.2) is 0 Å². The molecular weight excluding hydrogens is 231 g/mol. The summed E-state index contributed by atoms with van der Waals surface area (Å²) < 4.78 is 5.27. The van der Waals surface area contributed by atoms with E-state index in [0.29, 0.717) is 5.75 Å². The standard InChI is InChI=1S/C12H8Cl2O/c13-8-12(14)15-11-6-5-9-3-1-2-4-10(9)7-11/h1-8H/b12-8+. The minimum absolute atomic E-state index is 0.159. The molecule has 0 aromatic heterocycles. The van der Waals surface area contributed by atoms with Crippen molar-refractivity contribution in [3.63, 3.8) is 0 Å². The summed E-state index contributed by atoms with van der Waals surface area (Å²) in [6, 6.07) is 13.8. The molecule has 2 aromatic rings. The van der Waals surface area contributed by atoms with Gasteiger partial charge in [-0.15, -0.1) is 0 Å². The molecule has 76 valence electrons. The number of hydrogen-bond donors (Lipinski definition) is 0. The Morgan fingerprint density at radius 2 is 1.80 bits per heavy atom. The minimum atomic E-state index is 0.159. The van der Waals surface area contributed by atoms with Crippen LogP contribution in [-0.2, 0) is 0 Å². The molecule has 0 aliphatic rings. The fourth-order valence-electron chi connectivity index (χ4n) is 1.37. The van der Waals surface area contributed by atoms with E-state index in [4.69, 9.17) is 27.9 Å². The maximum atomic E-state index is 5.66. The van der Waals surface area contributed by atoms with Gasteiger partial charge < -0.3 is 4.74 Å². The zero-order chi connectivity index (χ0) is 10.7. The average molecular weight is 239 g/mol. The van der Waals surface area contributed by atoms with Gasteiger partial charge in [-0.1, -0.05) is 41.9 Å². The van der Waals surface area contributed by atoms with Gasteiger partial charge in [0.2, 0.25) is 5.22 Å². The minimum Gasteiger partial charge on any atom is -0.444 e. The molecule has 0 saturated heterocycles. The molecule has 0 radical (unpaired) electrons. The van der Waals surface area contributed by atoms with Crippen molar-refractivity contribution >= 4 is 34.0 Å². The van der Waals surface area contributed by atoms with Crippen LogP contribution in [0.4, 0.5) is 0 Å². The number of hydrogen-bond acceptors (Lipinski definition) is 1. The lowest BCUT2D eigenvalue weighted by atomic mass is 10.1. The zero-order valence-electron chi connectivity index (χ0n) is 7.78. The van der Waals surface area contributed by atoms with Gasteiger partial charge in [-0.3, -0.25) is 0 Å². The van der Waals surface area contributed by atoms with Crippen molar-refractivity contribution in [3.05, 3.63) is 53.2 Å². The van der Waals surface area contributed by atoms with Gasteiger partial charge >= 0.3 is 0 Å². The van der Waals surface area contributed by atoms with Crippen LogP contribution in [0.1, 0.15) is 0 Å². The van der Waals surface area contributed by atoms with Crippen molar-refractivity contribution < 1.29 is 4.74 Å². The Kier molecular flexibility index (Phi) is 3.14. The second-order valence-electron chi connectivity index (χ2n) is 3.02. The molecule has 0 unspecified atom stereocenters. The molecule has 0 N–H and O–H groups in total. The Hall–Kier alpha value is -1.18. The summed E-state index contributed by atoms with van der Waals surface area (Å²) >= 11 is 11.1. The summed E-state index contributed by atoms with van der Waals surface area (Å²) in [5.74, 6) is 0.676. The molecule has 0 atom stereocenters. The topological polar surface area (TPSA) is 9.23 Å². The Morgan fingerprint density at radius 3 is 2.53 bits per heavy atom. The van der Waals surface area contributed by atoms with Gasteiger partial charge in [-0.2, -0.15) is 0 Å². The maximum absolute atomic E-state index is 5.66. The lowest BCUT2D eigenvalue weighted by molar-refractivity contribution is 0.464. The van der Waals surface area contributed by atoms with E-state index in [-0.39, 0.29) is 5.22 Å². The first-order valence-corrected chi connectivity index (χ1v) is 5.23. The largest absolute Gasteiger partial charge is 0.444 e. The third-order valence-electron chi connectivity index (χ3n) is 2.02. The van der Waals surface area contributed by atoms with Crippen LogP contribution in [-0.4, -0.2) is 0 Å². The van der Waals surface area contributed by atoms with Crippen LogP contribution in [0, 0.1) is 0 Å². The number of ether oxygens (including phenoxy) is 1. The van der Waals surface area contributed by atoms with E-state index >= 15 is 0 Å². The van der Waals surface area contributed by atoms with E-state index < -0.39 is 0 Å². The van der Waals surface area contributed by atoms with E-state index in [1.54, 1.807) is 0 Å². The third kappa shape index (κ3) is 2.44. The predicted octanol–water partition coefficient (Wildman–Crippen LogP) is 4.50. The van der Waals surface area contributed by atoms with E-state index in [1.165, 1.54) is 5.54 Å². The van der Waals surface area contributed by atoms with Gasteiger partial charge in [0.25, 0.3) is 0 Å². The molecular formula is C12H8Cl2O. The summed E-state index contributed by atoms with van der Waals surface area (Å²) in [5, 5.41) is 2.43. The van der Waals surface area contributed by atoms with Gasteiger partial charge in [-0.25, -0.2) is 0 Å². The molecule has 0 aliphatic heterocycles. The Labute approximate surface area is 97.9 Å². The van der Waals surface area contributed by atoms with Crippen LogP contribution < -0.4 is 4.74 Å². The van der Waals surface area contributed by atoms with Gasteiger partial charge in [0, 0.05) is 0 Å². The molecule has 3 heteroatoms. The molecule has 15 heavy (non-hydrogen) atoms. The monoisotopic (exact) mass is 238 g/mol. The molecule has 0 saturated carbocycles. The molecule has 0 bridgehead atoms. The second-order valence-corrected chi connectivity index (χ2v) is 3.61. The first-order chi connectivity index (χ1) is 7.29. The van der Waals surface area contributed by atoms with E-state index in [0.717, 1.165) is 10.8 Å². The normalized spacial score (nSPS) is 11.7. The highest BCUT2D eigenvalue weighted by atomic mass is 35.5. The van der Waals surface area contributed by atoms with Gasteiger partial charge in [-0.05, 0) is 34.5 Å². The number of fused-ring (bicyclic) bond motifs is 1. The SMILES string of the molecule is Cl/C=C(\Cl)Oc1ccc2ccccc2c1. The van der Waals surface area contributed by atoms with Crippen LogP contribution in [0.25, 0.3) is 10.8 Å². The molecule has 2 rings (SSSR count). The predicted molar refractivity (Wildman–Crippen MR) is 64.4 cm³/mol. The Bertz CT molecular complexity index is 506. The lowest BCUT2D eigenvalue weighted by Crippen LogP contribution is -1.86. The molecule has 0 fully saturated rings. The zero-order valence-corrected chi connectivity index (χ0v) is 9.29. The smallest absolute Gasteiger partial charge is 0.205 e. The van der Waals surface area contributed by atoms with Crippen LogP contribution >= 0.6 is 23.2 Å². The molecule has 0 amide bonds. The van der Waals surface area contributed by atoms with Crippen molar-refractivity contribution in [2.45, 2.75) is 0 Å². The molecule has 2 aromatic carbocycles. The van der Waals surface area contributed by atoms with Crippen LogP contribution in [0.15, 0.2) is 53.2 Å². The quantitative estimate of drug-likeness (QED) is 0.701. The van der Waals surface area contributed by atoms with Gasteiger partial charge in [0.05, 0.1) is 5.54 Å². The Morgan fingerprint density at radius 1 is 1.07 bits per heavy atom. The van der Waals surface area contributed by atoms with Crippen LogP contribution in [0.3, 0.4) is 0 Å². The summed E-state index contributed by atoms with van der Waals surface area (Å²) in [6.45, 7) is 0. The molecule has 0 spiro atoms. The summed E-state index contributed by atoms with van der Waals surface area (Å²) in [5.41, 5.74) is 1.19. The fraction of sp³-hybridized carbons (Fsp3) is 0. The van der Waals surface area contributed by atoms with Crippen molar-refractivity contribution in [3.8, 4) is 5.75 Å². The first kappa shape index (κ1) is 10.3. The van der Waals surface area contributed by atoms with Crippen LogP contribution in [0.5, 0.6) is 5.75 Å². The van der Waals surface area contributed by atoms with Crippen molar-refractivity contribution in [1.82, 2.24) is 0 Å². The molecule has 0 aliphatic carbocycles. The highest BCUT2D eigenvalue weighted by molar-refractivity contribution is 6.35. The highest BCUT2D eigenvalue weighted by Gasteiger charge is 1.98. The molecule has 0 heterocycles. The number of benzene rings is 2. The number of halogens is 2. The summed E-state index contributed by atoms with van der Waals surface area (Å²) in [4.78, 5) is 0. The molecule has 1 nitrogen and oxygen atoms in total. The van der Waals surface area contributed by atoms with Gasteiger partial charge in [0.1, 0.15) is 5.75 Å². The van der Waals surface area contributed by atoms with Crippen molar-refractivity contribution in [2.24, 2.45) is 0 Å². The van der Waals surface area contributed by atoms with E-state index in [1.807, 2.05) is 42.5 Å². The second kappa shape index (κ2) is 4.56. The van der Waals surface area contributed by atoms with Crippen molar-refractivity contribution in [1.29, 1.82) is 0 Å². The lowest BCUT2D eigenvalue weighted by Gasteiger charge is -2.04. The van der Waals surface area contributed by atoms with Crippen LogP contribution in [0.2, 0.25) is 0 Å². The van der Waals surface area contributed by atoms with Crippen molar-refractivity contribution in [2.75, 3.05) is 0 Å². The number of rotatable bonds is 2. The average Bonchev–Trinajstić information content (AvgIpc) is 2.29. The highest BCUT2D eigenvalue weighted by Crippen LogP contribution is 2.23. The summed E-state index contributed by atoms with van der Waals surface area (Å²) in [6.07, 6.45) is 0. The Balaban J connectivity index is 2.39. The van der Waals surface area contributed by atoms with E-state index in [9.17, 15) is 0 Å².